The average Bonchev–Trinajstić information content (AvgIpc) is 2.38. The lowest BCUT2D eigenvalue weighted by Crippen LogP contribution is -2.14. The number of hydrazone groups is 1. The predicted molar refractivity (Wildman–Crippen MR) is 72.5 cm³/mol. The average molecular weight is 242 g/mol. The van der Waals surface area contributed by atoms with Gasteiger partial charge >= 0.3 is 0 Å². The van der Waals surface area contributed by atoms with Crippen molar-refractivity contribution in [3.8, 4) is 0 Å². The van der Waals surface area contributed by atoms with Crippen LogP contribution in [-0.2, 0) is 4.79 Å². The minimum absolute atomic E-state index is 0.0542. The van der Waals surface area contributed by atoms with Gasteiger partial charge in [0.2, 0.25) is 0 Å². The van der Waals surface area contributed by atoms with Gasteiger partial charge in [0.15, 0.2) is 5.78 Å². The van der Waals surface area contributed by atoms with Crippen LogP contribution in [0.5, 0.6) is 0 Å². The van der Waals surface area contributed by atoms with Crippen LogP contribution in [0.4, 0.5) is 5.69 Å². The Hall–Kier alpha value is -2.36. The molecule has 0 heterocycles. The summed E-state index contributed by atoms with van der Waals surface area (Å²) in [6, 6.07) is 7.57. The molecule has 0 saturated carbocycles. The van der Waals surface area contributed by atoms with Crippen molar-refractivity contribution in [2.24, 2.45) is 5.10 Å². The minimum atomic E-state index is -0.0678. The van der Waals surface area contributed by atoms with Crippen LogP contribution < -0.4 is 5.43 Å². The fourth-order valence-corrected chi connectivity index (χ4v) is 1.62. The molecule has 4 nitrogen and oxygen atoms in total. The van der Waals surface area contributed by atoms with E-state index in [1.807, 2.05) is 24.3 Å². The molecular weight excluding hydrogens is 228 g/mol. The standard InChI is InChI=1S/C14H14N2O2/c1-2-10-3-5-11(6-4-10)15-16-13-8-7-12(17)9-14(13)18/h2-6,9,15,18H,1,7-8H2. The summed E-state index contributed by atoms with van der Waals surface area (Å²) in [5.41, 5.74) is 5.20. The number of hydrogen-bond acceptors (Lipinski definition) is 4. The van der Waals surface area contributed by atoms with Gasteiger partial charge in [0, 0.05) is 18.9 Å². The zero-order valence-electron chi connectivity index (χ0n) is 9.89. The normalized spacial score (nSPS) is 17.4. The van der Waals surface area contributed by atoms with Gasteiger partial charge in [0.1, 0.15) is 11.5 Å². The van der Waals surface area contributed by atoms with Crippen LogP contribution in [0.15, 0.2) is 47.8 Å². The molecule has 0 radical (unpaired) electrons. The molecule has 0 spiro atoms. The van der Waals surface area contributed by atoms with E-state index in [0.717, 1.165) is 11.3 Å². The molecule has 0 bridgehead atoms. The maximum absolute atomic E-state index is 11.0. The van der Waals surface area contributed by atoms with Crippen LogP contribution in [0.1, 0.15) is 18.4 Å². The van der Waals surface area contributed by atoms with Crippen LogP contribution in [0.25, 0.3) is 6.08 Å². The SMILES string of the molecule is C=Cc1ccc(NN=C2CCC(=O)C=C2O)cc1. The summed E-state index contributed by atoms with van der Waals surface area (Å²) in [6.07, 6.45) is 3.82. The monoisotopic (exact) mass is 242 g/mol. The van der Waals surface area contributed by atoms with Gasteiger partial charge in [-0.25, -0.2) is 0 Å². The second kappa shape index (κ2) is 5.31. The molecule has 0 unspecified atom stereocenters. The van der Waals surface area contributed by atoms with E-state index in [1.165, 1.54) is 6.08 Å². The third-order valence-electron chi connectivity index (χ3n) is 2.67. The van der Waals surface area contributed by atoms with E-state index in [9.17, 15) is 9.90 Å². The summed E-state index contributed by atoms with van der Waals surface area (Å²) in [4.78, 5) is 11.0. The Kier molecular flexibility index (Phi) is 3.57. The first kappa shape index (κ1) is 12.1. The van der Waals surface area contributed by atoms with Crippen LogP contribution in [0.2, 0.25) is 0 Å². The number of hydrogen-bond donors (Lipinski definition) is 2. The number of nitrogens with zero attached hydrogens (tertiary/aromatic N) is 1. The molecule has 0 fully saturated rings. The van der Waals surface area contributed by atoms with Crippen LogP contribution >= 0.6 is 0 Å². The van der Waals surface area contributed by atoms with Gasteiger partial charge in [0.05, 0.1) is 5.69 Å². The fraction of sp³-hybridized carbons (Fsp3) is 0.143. The lowest BCUT2D eigenvalue weighted by atomic mass is 10.0. The van der Waals surface area contributed by atoms with E-state index in [4.69, 9.17) is 0 Å². The quantitative estimate of drug-likeness (QED) is 0.801. The molecule has 0 saturated heterocycles. The van der Waals surface area contributed by atoms with E-state index in [-0.39, 0.29) is 11.5 Å². The summed E-state index contributed by atoms with van der Waals surface area (Å²) in [6.45, 7) is 3.68. The Morgan fingerprint density at radius 1 is 1.28 bits per heavy atom. The summed E-state index contributed by atoms with van der Waals surface area (Å²) in [5.74, 6) is -0.122. The van der Waals surface area contributed by atoms with Gasteiger partial charge in [-0.2, -0.15) is 5.10 Å². The molecule has 4 heteroatoms. The third kappa shape index (κ3) is 2.85. The van der Waals surface area contributed by atoms with E-state index in [2.05, 4.69) is 17.1 Å². The van der Waals surface area contributed by atoms with Crippen LogP contribution in [0.3, 0.4) is 0 Å². The lowest BCUT2D eigenvalue weighted by molar-refractivity contribution is -0.114. The molecule has 0 aliphatic heterocycles. The van der Waals surface area contributed by atoms with Gasteiger partial charge in [-0.1, -0.05) is 24.8 Å². The van der Waals surface area contributed by atoms with Gasteiger partial charge in [0.25, 0.3) is 0 Å². The number of carbonyl (C=O) groups is 1. The van der Waals surface area contributed by atoms with Crippen molar-refractivity contribution in [1.82, 2.24) is 0 Å². The smallest absolute Gasteiger partial charge is 0.159 e. The van der Waals surface area contributed by atoms with E-state index in [0.29, 0.717) is 18.6 Å². The highest BCUT2D eigenvalue weighted by Crippen LogP contribution is 2.13. The van der Waals surface area contributed by atoms with Gasteiger partial charge in [-0.15, -0.1) is 0 Å². The largest absolute Gasteiger partial charge is 0.506 e. The lowest BCUT2D eigenvalue weighted by Gasteiger charge is -2.10. The van der Waals surface area contributed by atoms with Crippen molar-refractivity contribution < 1.29 is 9.90 Å². The molecule has 92 valence electrons. The first-order valence-electron chi connectivity index (χ1n) is 5.68. The van der Waals surface area contributed by atoms with Gasteiger partial charge in [-0.05, 0) is 17.7 Å². The molecule has 2 rings (SSSR count). The highest BCUT2D eigenvalue weighted by atomic mass is 16.3. The molecule has 0 atom stereocenters. The van der Waals surface area contributed by atoms with Gasteiger partial charge in [-0.3, -0.25) is 10.2 Å². The summed E-state index contributed by atoms with van der Waals surface area (Å²) in [5, 5.41) is 13.7. The second-order valence-corrected chi connectivity index (χ2v) is 3.99. The Labute approximate surface area is 105 Å². The second-order valence-electron chi connectivity index (χ2n) is 3.99. The maximum atomic E-state index is 11.0. The number of benzene rings is 1. The van der Waals surface area contributed by atoms with Crippen molar-refractivity contribution in [2.45, 2.75) is 12.8 Å². The van der Waals surface area contributed by atoms with Crippen LogP contribution in [0, 0.1) is 0 Å². The van der Waals surface area contributed by atoms with E-state index >= 15 is 0 Å². The number of ketones is 1. The highest BCUT2D eigenvalue weighted by molar-refractivity contribution is 6.09. The van der Waals surface area contributed by atoms with Crippen molar-refractivity contribution >= 4 is 23.3 Å². The van der Waals surface area contributed by atoms with Crippen molar-refractivity contribution in [3.05, 3.63) is 48.2 Å². The number of allylic oxidation sites excluding steroid dienone is 2. The number of aliphatic hydroxyl groups excluding tert-OH is 1. The molecule has 1 aliphatic carbocycles. The zero-order chi connectivity index (χ0) is 13.0. The highest BCUT2D eigenvalue weighted by Gasteiger charge is 2.15. The Bertz CT molecular complexity index is 527. The number of carbonyl (C=O) groups excluding carboxylic acids is 1. The first-order valence-corrected chi connectivity index (χ1v) is 5.68. The minimum Gasteiger partial charge on any atom is -0.506 e. The Morgan fingerprint density at radius 2 is 2.00 bits per heavy atom. The maximum Gasteiger partial charge on any atom is 0.159 e. The summed E-state index contributed by atoms with van der Waals surface area (Å²) in [7, 11) is 0. The number of aliphatic hydroxyl groups is 1. The molecule has 0 aromatic heterocycles. The first-order chi connectivity index (χ1) is 8.69. The molecule has 18 heavy (non-hydrogen) atoms. The molecule has 1 aromatic carbocycles. The van der Waals surface area contributed by atoms with Gasteiger partial charge < -0.3 is 5.11 Å². The number of anilines is 1. The number of nitrogens with one attached hydrogen (secondary N) is 1. The Morgan fingerprint density at radius 3 is 2.61 bits per heavy atom. The van der Waals surface area contributed by atoms with Crippen LogP contribution in [-0.4, -0.2) is 16.6 Å². The molecule has 2 N–H and O–H groups in total. The summed E-state index contributed by atoms with van der Waals surface area (Å²) < 4.78 is 0. The Balaban J connectivity index is 2.08. The summed E-state index contributed by atoms with van der Waals surface area (Å²) >= 11 is 0. The van der Waals surface area contributed by atoms with Crippen molar-refractivity contribution in [1.29, 1.82) is 0 Å². The van der Waals surface area contributed by atoms with Crippen molar-refractivity contribution in [3.63, 3.8) is 0 Å². The predicted octanol–water partition coefficient (Wildman–Crippen LogP) is 2.90. The topological polar surface area (TPSA) is 61.7 Å². The van der Waals surface area contributed by atoms with Crippen molar-refractivity contribution in [2.75, 3.05) is 5.43 Å². The molecule has 0 amide bonds. The fourth-order valence-electron chi connectivity index (χ4n) is 1.62. The van der Waals surface area contributed by atoms with E-state index < -0.39 is 0 Å². The zero-order valence-corrected chi connectivity index (χ0v) is 9.89. The molecule has 1 aromatic rings. The molecular formula is C14H14N2O2. The third-order valence-corrected chi connectivity index (χ3v) is 2.67. The molecule has 1 aliphatic rings. The number of rotatable bonds is 3. The van der Waals surface area contributed by atoms with E-state index in [1.54, 1.807) is 6.08 Å².